The molecule has 0 fully saturated rings. The number of amides is 2. The first-order valence-electron chi connectivity index (χ1n) is 11.6. The van der Waals surface area contributed by atoms with Gasteiger partial charge in [-0.3, -0.25) is 14.5 Å². The fourth-order valence-corrected chi connectivity index (χ4v) is 3.60. The van der Waals surface area contributed by atoms with Gasteiger partial charge in [0, 0.05) is 31.9 Å². The molecule has 0 spiro atoms. The lowest BCUT2D eigenvalue weighted by molar-refractivity contribution is -0.126. The van der Waals surface area contributed by atoms with E-state index in [2.05, 4.69) is 34.6 Å². The Bertz CT molecular complexity index is 877. The minimum absolute atomic E-state index is 0.0680. The Kier molecular flexibility index (Phi) is 11.1. The molecule has 0 heterocycles. The highest BCUT2D eigenvalue weighted by Crippen LogP contribution is 2.12. The third-order valence-corrected chi connectivity index (χ3v) is 5.58. The van der Waals surface area contributed by atoms with Crippen LogP contribution in [0.15, 0.2) is 59.7 Å². The van der Waals surface area contributed by atoms with Crippen LogP contribution in [0.1, 0.15) is 49.0 Å². The number of carbonyl (C=O) groups excluding carboxylic acids is 2. The zero-order chi connectivity index (χ0) is 24.1. The molecule has 1 unspecified atom stereocenters. The van der Waals surface area contributed by atoms with Crippen molar-refractivity contribution in [2.75, 3.05) is 38.6 Å². The standard InChI is InChI=1S/C26H37N5O2/c1-5-31(6-2)24(14-10-11-19-27-25(32)22-12-8-7-9-13-22)26(33)29-28-20-21-15-17-23(18-16-21)30(3)4/h7-9,12-13,15-18,20,24H,5-6,10-11,14,19H2,1-4H3,(H,27,32)(H,29,33)/b28-20+. The maximum absolute atomic E-state index is 12.9. The molecule has 0 radical (unpaired) electrons. The van der Waals surface area contributed by atoms with Crippen molar-refractivity contribution >= 4 is 23.7 Å². The van der Waals surface area contributed by atoms with Gasteiger partial charge in [-0.05, 0) is 62.2 Å². The van der Waals surface area contributed by atoms with E-state index in [1.807, 2.05) is 61.5 Å². The number of unbranched alkanes of at least 4 members (excludes halogenated alkanes) is 1. The predicted octanol–water partition coefficient (Wildman–Crippen LogP) is 3.51. The second kappa shape index (κ2) is 14.1. The van der Waals surface area contributed by atoms with E-state index < -0.39 is 0 Å². The minimum Gasteiger partial charge on any atom is -0.378 e. The van der Waals surface area contributed by atoms with Crippen LogP contribution in [0.3, 0.4) is 0 Å². The first kappa shape index (κ1) is 26.1. The summed E-state index contributed by atoms with van der Waals surface area (Å²) < 4.78 is 0. The molecule has 0 saturated carbocycles. The van der Waals surface area contributed by atoms with Crippen LogP contribution in [-0.2, 0) is 4.79 Å². The Morgan fingerprint density at radius 2 is 1.64 bits per heavy atom. The number of anilines is 1. The molecule has 178 valence electrons. The molecular weight excluding hydrogens is 414 g/mol. The third-order valence-electron chi connectivity index (χ3n) is 5.58. The van der Waals surface area contributed by atoms with Crippen molar-refractivity contribution in [3.05, 3.63) is 65.7 Å². The van der Waals surface area contributed by atoms with E-state index in [0.717, 1.165) is 37.2 Å². The van der Waals surface area contributed by atoms with Crippen molar-refractivity contribution in [1.29, 1.82) is 0 Å². The van der Waals surface area contributed by atoms with Gasteiger partial charge in [0.05, 0.1) is 12.3 Å². The molecule has 2 aromatic carbocycles. The summed E-state index contributed by atoms with van der Waals surface area (Å²) in [5.41, 5.74) is 5.40. The summed E-state index contributed by atoms with van der Waals surface area (Å²) >= 11 is 0. The number of nitrogens with zero attached hydrogens (tertiary/aromatic N) is 3. The van der Waals surface area contributed by atoms with Crippen molar-refractivity contribution in [2.24, 2.45) is 5.10 Å². The molecule has 0 bridgehead atoms. The van der Waals surface area contributed by atoms with Gasteiger partial charge in [0.2, 0.25) is 0 Å². The smallest absolute Gasteiger partial charge is 0.257 e. The quantitative estimate of drug-likeness (QED) is 0.278. The predicted molar refractivity (Wildman–Crippen MR) is 136 cm³/mol. The zero-order valence-corrected chi connectivity index (χ0v) is 20.3. The van der Waals surface area contributed by atoms with E-state index in [1.165, 1.54) is 0 Å². The van der Waals surface area contributed by atoms with E-state index >= 15 is 0 Å². The second-order valence-electron chi connectivity index (χ2n) is 8.07. The Hall–Kier alpha value is -3.19. The molecular formula is C26H37N5O2. The Morgan fingerprint density at radius 1 is 0.970 bits per heavy atom. The monoisotopic (exact) mass is 451 g/mol. The van der Waals surface area contributed by atoms with E-state index in [0.29, 0.717) is 18.5 Å². The molecule has 0 aromatic heterocycles. The van der Waals surface area contributed by atoms with Crippen LogP contribution >= 0.6 is 0 Å². The molecule has 2 N–H and O–H groups in total. The lowest BCUT2D eigenvalue weighted by Crippen LogP contribution is -2.45. The van der Waals surface area contributed by atoms with Crippen LogP contribution in [0.2, 0.25) is 0 Å². The van der Waals surface area contributed by atoms with Gasteiger partial charge in [0.15, 0.2) is 0 Å². The third kappa shape index (κ3) is 8.69. The van der Waals surface area contributed by atoms with Crippen molar-refractivity contribution < 1.29 is 9.59 Å². The van der Waals surface area contributed by atoms with Crippen LogP contribution < -0.4 is 15.6 Å². The molecule has 7 heteroatoms. The van der Waals surface area contributed by atoms with Gasteiger partial charge in [-0.2, -0.15) is 5.10 Å². The SMILES string of the molecule is CCN(CC)C(CCCCNC(=O)c1ccccc1)C(=O)N/N=C/c1ccc(N(C)C)cc1. The summed E-state index contributed by atoms with van der Waals surface area (Å²) in [5.74, 6) is -0.172. The highest BCUT2D eigenvalue weighted by atomic mass is 16.2. The van der Waals surface area contributed by atoms with E-state index in [9.17, 15) is 9.59 Å². The maximum Gasteiger partial charge on any atom is 0.257 e. The average molecular weight is 452 g/mol. The van der Waals surface area contributed by atoms with Crippen molar-refractivity contribution in [1.82, 2.24) is 15.6 Å². The fraction of sp³-hybridized carbons (Fsp3) is 0.423. The number of hydrazone groups is 1. The molecule has 7 nitrogen and oxygen atoms in total. The molecule has 2 amide bonds. The molecule has 0 aliphatic heterocycles. The molecule has 0 saturated heterocycles. The zero-order valence-electron chi connectivity index (χ0n) is 20.3. The molecule has 33 heavy (non-hydrogen) atoms. The van der Waals surface area contributed by atoms with Crippen LogP contribution in [0.5, 0.6) is 0 Å². The largest absolute Gasteiger partial charge is 0.378 e. The summed E-state index contributed by atoms with van der Waals surface area (Å²) in [4.78, 5) is 29.2. The summed E-state index contributed by atoms with van der Waals surface area (Å²) in [5, 5.41) is 7.11. The second-order valence-corrected chi connectivity index (χ2v) is 8.07. The van der Waals surface area contributed by atoms with Gasteiger partial charge in [0.1, 0.15) is 0 Å². The molecule has 2 aromatic rings. The fourth-order valence-electron chi connectivity index (χ4n) is 3.60. The van der Waals surface area contributed by atoms with Crippen LogP contribution in [-0.4, -0.2) is 62.7 Å². The topological polar surface area (TPSA) is 77.0 Å². The maximum atomic E-state index is 12.9. The lowest BCUT2D eigenvalue weighted by Gasteiger charge is -2.28. The molecule has 0 aliphatic carbocycles. The Balaban J connectivity index is 1.83. The summed E-state index contributed by atoms with van der Waals surface area (Å²) in [6.45, 7) is 6.27. The Labute approximate surface area is 197 Å². The van der Waals surface area contributed by atoms with Crippen LogP contribution in [0.25, 0.3) is 0 Å². The van der Waals surface area contributed by atoms with Crippen molar-refractivity contribution in [2.45, 2.75) is 39.2 Å². The van der Waals surface area contributed by atoms with Gasteiger partial charge >= 0.3 is 0 Å². The molecule has 2 rings (SSSR count). The first-order valence-corrected chi connectivity index (χ1v) is 11.6. The summed E-state index contributed by atoms with van der Waals surface area (Å²) in [6, 6.07) is 16.9. The highest BCUT2D eigenvalue weighted by molar-refractivity contribution is 5.94. The van der Waals surface area contributed by atoms with Gasteiger partial charge in [-0.25, -0.2) is 5.43 Å². The number of nitrogens with one attached hydrogen (secondary N) is 2. The average Bonchev–Trinajstić information content (AvgIpc) is 2.84. The number of likely N-dealkylation sites (N-methyl/N-ethyl adjacent to an activating group) is 1. The van der Waals surface area contributed by atoms with E-state index in [1.54, 1.807) is 18.3 Å². The number of carbonyl (C=O) groups is 2. The van der Waals surface area contributed by atoms with Gasteiger partial charge in [-0.1, -0.05) is 44.2 Å². The summed E-state index contributed by atoms with van der Waals surface area (Å²) in [7, 11) is 3.99. The number of hydrogen-bond donors (Lipinski definition) is 2. The van der Waals surface area contributed by atoms with Crippen LogP contribution in [0.4, 0.5) is 5.69 Å². The molecule has 0 aliphatic rings. The lowest BCUT2D eigenvalue weighted by atomic mass is 10.1. The number of hydrogen-bond acceptors (Lipinski definition) is 5. The molecule has 1 atom stereocenters. The van der Waals surface area contributed by atoms with Gasteiger partial charge < -0.3 is 10.2 Å². The first-order chi connectivity index (χ1) is 16.0. The number of benzene rings is 2. The number of rotatable bonds is 13. The normalized spacial score (nSPS) is 12.0. The van der Waals surface area contributed by atoms with Crippen molar-refractivity contribution in [3.63, 3.8) is 0 Å². The van der Waals surface area contributed by atoms with E-state index in [4.69, 9.17) is 0 Å². The highest BCUT2D eigenvalue weighted by Gasteiger charge is 2.23. The van der Waals surface area contributed by atoms with Crippen LogP contribution in [0, 0.1) is 0 Å². The Morgan fingerprint density at radius 3 is 2.24 bits per heavy atom. The van der Waals surface area contributed by atoms with Gasteiger partial charge in [0.25, 0.3) is 11.8 Å². The van der Waals surface area contributed by atoms with Gasteiger partial charge in [-0.15, -0.1) is 0 Å². The summed E-state index contributed by atoms with van der Waals surface area (Å²) in [6.07, 6.45) is 4.02. The van der Waals surface area contributed by atoms with Crippen molar-refractivity contribution in [3.8, 4) is 0 Å². The van der Waals surface area contributed by atoms with E-state index in [-0.39, 0.29) is 17.9 Å². The minimum atomic E-state index is -0.252.